The molecule has 0 atom stereocenters. The van der Waals surface area contributed by atoms with E-state index in [4.69, 9.17) is 0 Å². The molecular formula is C17H19N5O2S. The quantitative estimate of drug-likeness (QED) is 0.704. The molecule has 0 saturated carbocycles. The van der Waals surface area contributed by atoms with E-state index in [9.17, 15) is 9.59 Å². The first-order chi connectivity index (χ1) is 12.1. The van der Waals surface area contributed by atoms with Crippen molar-refractivity contribution in [2.75, 3.05) is 18.9 Å². The van der Waals surface area contributed by atoms with Gasteiger partial charge in [0, 0.05) is 44.7 Å². The Balaban J connectivity index is 1.45. The number of anilines is 1. The summed E-state index contributed by atoms with van der Waals surface area (Å²) in [6.45, 7) is 1.31. The van der Waals surface area contributed by atoms with Gasteiger partial charge in [0.1, 0.15) is 5.51 Å². The van der Waals surface area contributed by atoms with E-state index < -0.39 is 0 Å². The van der Waals surface area contributed by atoms with Gasteiger partial charge in [-0.3, -0.25) is 9.59 Å². The van der Waals surface area contributed by atoms with Gasteiger partial charge in [-0.25, -0.2) is 0 Å². The Morgan fingerprint density at radius 3 is 2.88 bits per heavy atom. The Morgan fingerprint density at radius 1 is 1.24 bits per heavy atom. The Hall–Kier alpha value is -2.74. The van der Waals surface area contributed by atoms with E-state index in [0.29, 0.717) is 18.2 Å². The number of hydrogen-bond acceptors (Lipinski definition) is 5. The third kappa shape index (κ3) is 4.42. The van der Waals surface area contributed by atoms with Crippen molar-refractivity contribution in [2.24, 2.45) is 0 Å². The predicted molar refractivity (Wildman–Crippen MR) is 97.3 cm³/mol. The predicted octanol–water partition coefficient (Wildman–Crippen LogP) is 2.37. The highest BCUT2D eigenvalue weighted by Gasteiger charge is 2.12. The maximum absolute atomic E-state index is 12.2. The van der Waals surface area contributed by atoms with E-state index in [1.165, 1.54) is 16.7 Å². The maximum Gasteiger partial charge on any atom is 0.226 e. The highest BCUT2D eigenvalue weighted by molar-refractivity contribution is 7.13. The smallest absolute Gasteiger partial charge is 0.226 e. The molecule has 1 N–H and O–H groups in total. The molecule has 0 bridgehead atoms. The van der Waals surface area contributed by atoms with Crippen LogP contribution in [0.4, 0.5) is 5.13 Å². The molecule has 1 aromatic carbocycles. The Morgan fingerprint density at radius 2 is 2.08 bits per heavy atom. The van der Waals surface area contributed by atoms with Crippen molar-refractivity contribution in [1.82, 2.24) is 19.7 Å². The summed E-state index contributed by atoms with van der Waals surface area (Å²) in [7, 11) is 1.76. The number of aromatic nitrogens is 3. The van der Waals surface area contributed by atoms with E-state index in [1.807, 2.05) is 18.3 Å². The molecule has 0 radical (unpaired) electrons. The average Bonchev–Trinajstić information content (AvgIpc) is 3.27. The molecule has 8 heteroatoms. The van der Waals surface area contributed by atoms with Crippen LogP contribution in [0, 0.1) is 0 Å². The lowest BCUT2D eigenvalue weighted by Crippen LogP contribution is -2.30. The number of fused-ring (bicyclic) bond motifs is 1. The highest BCUT2D eigenvalue weighted by Crippen LogP contribution is 2.15. The number of nitrogens with one attached hydrogen (secondary N) is 1. The summed E-state index contributed by atoms with van der Waals surface area (Å²) in [5.41, 5.74) is 2.69. The molecule has 2 amide bonds. The minimum Gasteiger partial charge on any atom is -0.346 e. The molecule has 3 rings (SSSR count). The van der Waals surface area contributed by atoms with Gasteiger partial charge in [-0.1, -0.05) is 29.5 Å². The molecular weight excluding hydrogens is 338 g/mol. The minimum atomic E-state index is -0.227. The van der Waals surface area contributed by atoms with Crippen molar-refractivity contribution in [3.8, 4) is 0 Å². The average molecular weight is 357 g/mol. The first-order valence-corrected chi connectivity index (χ1v) is 8.85. The van der Waals surface area contributed by atoms with Crippen LogP contribution in [0.15, 0.2) is 42.0 Å². The van der Waals surface area contributed by atoms with Crippen molar-refractivity contribution in [3.63, 3.8) is 0 Å². The van der Waals surface area contributed by atoms with Gasteiger partial charge < -0.3 is 14.8 Å². The van der Waals surface area contributed by atoms with Gasteiger partial charge >= 0.3 is 0 Å². The van der Waals surface area contributed by atoms with Crippen LogP contribution in [0.25, 0.3) is 10.9 Å². The number of para-hydroxylation sites is 1. The second-order valence-corrected chi connectivity index (χ2v) is 6.51. The molecule has 25 heavy (non-hydrogen) atoms. The van der Waals surface area contributed by atoms with E-state index in [1.54, 1.807) is 17.5 Å². The van der Waals surface area contributed by atoms with Crippen LogP contribution in [0.1, 0.15) is 12.8 Å². The molecule has 2 heterocycles. The van der Waals surface area contributed by atoms with Gasteiger partial charge in [0.15, 0.2) is 0 Å². The number of carbonyl (C=O) groups excluding carboxylic acids is 2. The number of likely N-dealkylation sites (N-methyl/N-ethyl adjacent to an activating group) is 1. The van der Waals surface area contributed by atoms with Crippen LogP contribution in [-0.2, 0) is 16.1 Å². The summed E-state index contributed by atoms with van der Waals surface area (Å²) in [4.78, 5) is 25.6. The van der Waals surface area contributed by atoms with Crippen molar-refractivity contribution in [1.29, 1.82) is 0 Å². The zero-order chi connectivity index (χ0) is 17.6. The number of benzene rings is 1. The summed E-state index contributed by atoms with van der Waals surface area (Å²) >= 11 is 1.25. The van der Waals surface area contributed by atoms with Crippen molar-refractivity contribution >= 4 is 39.2 Å². The molecule has 0 aliphatic rings. The van der Waals surface area contributed by atoms with E-state index in [-0.39, 0.29) is 24.7 Å². The molecule has 2 aromatic heterocycles. The van der Waals surface area contributed by atoms with Gasteiger partial charge in [0.2, 0.25) is 16.9 Å². The normalized spacial score (nSPS) is 10.8. The third-order valence-corrected chi connectivity index (χ3v) is 4.56. The van der Waals surface area contributed by atoms with Gasteiger partial charge in [-0.15, -0.1) is 10.2 Å². The van der Waals surface area contributed by atoms with Crippen LogP contribution < -0.4 is 5.32 Å². The molecule has 0 aliphatic carbocycles. The highest BCUT2D eigenvalue weighted by atomic mass is 32.1. The second-order valence-electron chi connectivity index (χ2n) is 5.68. The fraction of sp³-hybridized carbons (Fsp3) is 0.294. The summed E-state index contributed by atoms with van der Waals surface area (Å²) in [5, 5.41) is 11.6. The molecule has 0 fully saturated rings. The lowest BCUT2D eigenvalue weighted by molar-refractivity contribution is -0.131. The number of rotatable bonds is 7. The molecule has 130 valence electrons. The Labute approximate surface area is 149 Å². The lowest BCUT2D eigenvalue weighted by Gasteiger charge is -2.18. The van der Waals surface area contributed by atoms with Gasteiger partial charge in [-0.2, -0.15) is 0 Å². The van der Waals surface area contributed by atoms with Gasteiger partial charge in [0.25, 0.3) is 0 Å². The second kappa shape index (κ2) is 7.89. The summed E-state index contributed by atoms with van der Waals surface area (Å²) in [5.74, 6) is -0.279. The number of amides is 2. The first kappa shape index (κ1) is 17.1. The fourth-order valence-corrected chi connectivity index (χ4v) is 3.00. The summed E-state index contributed by atoms with van der Waals surface area (Å²) in [6.07, 6.45) is 2.33. The van der Waals surface area contributed by atoms with Crippen LogP contribution >= 0.6 is 11.3 Å². The van der Waals surface area contributed by atoms with Crippen LogP contribution in [0.5, 0.6) is 0 Å². The molecule has 0 saturated heterocycles. The first-order valence-electron chi connectivity index (χ1n) is 7.97. The molecule has 7 nitrogen and oxygen atoms in total. The van der Waals surface area contributed by atoms with Gasteiger partial charge in [-0.05, 0) is 17.5 Å². The Bertz CT molecular complexity index is 859. The molecule has 0 aliphatic heterocycles. The van der Waals surface area contributed by atoms with E-state index in [2.05, 4.69) is 38.3 Å². The molecule has 0 spiro atoms. The lowest BCUT2D eigenvalue weighted by atomic mass is 10.2. The monoisotopic (exact) mass is 357 g/mol. The topological polar surface area (TPSA) is 80.1 Å². The number of carbonyl (C=O) groups is 2. The van der Waals surface area contributed by atoms with Crippen LogP contribution in [-0.4, -0.2) is 45.1 Å². The fourth-order valence-electron chi connectivity index (χ4n) is 2.54. The van der Waals surface area contributed by atoms with Crippen LogP contribution in [0.3, 0.4) is 0 Å². The van der Waals surface area contributed by atoms with Gasteiger partial charge in [0.05, 0.1) is 0 Å². The third-order valence-electron chi connectivity index (χ3n) is 3.95. The van der Waals surface area contributed by atoms with Crippen molar-refractivity contribution in [3.05, 3.63) is 42.0 Å². The SMILES string of the molecule is CN(CCn1ccc2ccccc21)C(=O)CCC(=O)Nc1nncs1. The number of hydrogen-bond donors (Lipinski definition) is 1. The zero-order valence-electron chi connectivity index (χ0n) is 13.9. The van der Waals surface area contributed by atoms with Crippen molar-refractivity contribution in [2.45, 2.75) is 19.4 Å². The Kier molecular flexibility index (Phi) is 5.39. The standard InChI is InChI=1S/C17H19N5O2S/c1-21(10-11-22-9-8-13-4-2-3-5-14(13)22)16(24)7-6-15(23)19-17-20-18-12-25-17/h2-5,8-9,12H,6-7,10-11H2,1H3,(H,19,20,23). The largest absolute Gasteiger partial charge is 0.346 e. The molecule has 0 unspecified atom stereocenters. The van der Waals surface area contributed by atoms with E-state index >= 15 is 0 Å². The maximum atomic E-state index is 12.2. The van der Waals surface area contributed by atoms with Crippen molar-refractivity contribution < 1.29 is 9.59 Å². The zero-order valence-corrected chi connectivity index (χ0v) is 14.7. The minimum absolute atomic E-state index is 0.0520. The summed E-state index contributed by atoms with van der Waals surface area (Å²) in [6, 6.07) is 10.2. The molecule has 3 aromatic rings. The van der Waals surface area contributed by atoms with E-state index in [0.717, 1.165) is 5.52 Å². The van der Waals surface area contributed by atoms with Crippen LogP contribution in [0.2, 0.25) is 0 Å². The number of nitrogens with zero attached hydrogens (tertiary/aromatic N) is 4. The summed E-state index contributed by atoms with van der Waals surface area (Å²) < 4.78 is 2.13.